The molecule has 1 aliphatic heterocycles. The number of fused-ring (bicyclic) bond motifs is 1. The number of nitrogens with zero attached hydrogens (tertiary/aromatic N) is 1. The van der Waals surface area contributed by atoms with E-state index in [0.29, 0.717) is 11.4 Å². The maximum atomic E-state index is 12.7. The van der Waals surface area contributed by atoms with Crippen LogP contribution in [-0.4, -0.2) is 36.3 Å². The highest BCUT2D eigenvalue weighted by Gasteiger charge is 2.56. The molecule has 1 heterocycles. The lowest BCUT2D eigenvalue weighted by Gasteiger charge is -2.38. The molecular formula is C19H20N2O4. The second-order valence-electron chi connectivity index (χ2n) is 6.88. The Kier molecular flexibility index (Phi) is 3.82. The molecule has 0 radical (unpaired) electrons. The Balaban J connectivity index is 1.44. The number of allylic oxidation sites excluding steroid dienone is 2. The first-order valence-corrected chi connectivity index (χ1v) is 8.56. The van der Waals surface area contributed by atoms with Gasteiger partial charge in [0, 0.05) is 5.69 Å². The second kappa shape index (κ2) is 6.02. The summed E-state index contributed by atoms with van der Waals surface area (Å²) in [5, 5.41) is 2.72. The van der Waals surface area contributed by atoms with Crippen molar-refractivity contribution in [3.63, 3.8) is 0 Å². The Labute approximate surface area is 145 Å². The number of methoxy groups -OCH3 is 1. The van der Waals surface area contributed by atoms with E-state index in [1.54, 1.807) is 31.4 Å². The van der Waals surface area contributed by atoms with Crippen LogP contribution in [-0.2, 0) is 14.4 Å². The van der Waals surface area contributed by atoms with Crippen molar-refractivity contribution in [2.75, 3.05) is 19.0 Å². The molecular weight excluding hydrogens is 320 g/mol. The molecule has 2 bridgehead atoms. The van der Waals surface area contributed by atoms with E-state index in [0.717, 1.165) is 17.7 Å². The third kappa shape index (κ3) is 2.62. The van der Waals surface area contributed by atoms with Crippen molar-refractivity contribution >= 4 is 23.4 Å². The van der Waals surface area contributed by atoms with E-state index in [9.17, 15) is 14.4 Å². The highest BCUT2D eigenvalue weighted by atomic mass is 16.5. The lowest BCUT2D eigenvalue weighted by atomic mass is 9.63. The minimum Gasteiger partial charge on any atom is -0.497 e. The molecule has 6 nitrogen and oxygen atoms in total. The Morgan fingerprint density at radius 3 is 2.12 bits per heavy atom. The molecule has 3 amide bonds. The third-order valence-corrected chi connectivity index (χ3v) is 5.53. The van der Waals surface area contributed by atoms with Crippen LogP contribution in [0.1, 0.15) is 12.8 Å². The standard InChI is InChI=1S/C19H20N2O4/c1-25-14-8-6-13(7-9-14)20-15(22)10-21-18(23)16-11-2-3-12(5-4-11)17(16)19(21)24/h2-3,6-9,11-12,16-17H,4-5,10H2,1H3,(H,20,22)/t11-,12-,16+,17+/m0/s1. The summed E-state index contributed by atoms with van der Waals surface area (Å²) in [5.74, 6) is -0.337. The van der Waals surface area contributed by atoms with Gasteiger partial charge >= 0.3 is 0 Å². The zero-order valence-electron chi connectivity index (χ0n) is 14.0. The van der Waals surface area contributed by atoms with E-state index in [1.165, 1.54) is 0 Å². The van der Waals surface area contributed by atoms with Crippen molar-refractivity contribution in [3.05, 3.63) is 36.4 Å². The third-order valence-electron chi connectivity index (χ3n) is 5.53. The molecule has 1 saturated heterocycles. The lowest BCUT2D eigenvalue weighted by Crippen LogP contribution is -2.38. The lowest BCUT2D eigenvalue weighted by molar-refractivity contribution is -0.142. The smallest absolute Gasteiger partial charge is 0.244 e. The molecule has 0 unspecified atom stereocenters. The minimum atomic E-state index is -0.370. The van der Waals surface area contributed by atoms with Crippen molar-refractivity contribution in [2.45, 2.75) is 12.8 Å². The van der Waals surface area contributed by atoms with Gasteiger partial charge in [-0.2, -0.15) is 0 Å². The van der Waals surface area contributed by atoms with Crippen LogP contribution in [0.3, 0.4) is 0 Å². The van der Waals surface area contributed by atoms with Gasteiger partial charge in [-0.25, -0.2) is 0 Å². The fourth-order valence-electron chi connectivity index (χ4n) is 4.31. The molecule has 6 heteroatoms. The Morgan fingerprint density at radius 2 is 1.64 bits per heavy atom. The molecule has 5 rings (SSSR count). The number of hydrogen-bond donors (Lipinski definition) is 1. The average Bonchev–Trinajstić information content (AvgIpc) is 2.90. The van der Waals surface area contributed by atoms with Gasteiger partial charge in [-0.3, -0.25) is 19.3 Å². The van der Waals surface area contributed by atoms with Crippen molar-refractivity contribution in [3.8, 4) is 5.75 Å². The summed E-state index contributed by atoms with van der Waals surface area (Å²) in [4.78, 5) is 38.8. The predicted octanol–water partition coefficient (Wildman–Crippen LogP) is 1.83. The first-order chi connectivity index (χ1) is 12.1. The summed E-state index contributed by atoms with van der Waals surface area (Å²) in [5.41, 5.74) is 0.601. The first kappa shape index (κ1) is 15.9. The minimum absolute atomic E-state index is 0.140. The van der Waals surface area contributed by atoms with Crippen molar-refractivity contribution in [1.82, 2.24) is 4.90 Å². The topological polar surface area (TPSA) is 75.7 Å². The quantitative estimate of drug-likeness (QED) is 0.670. The Bertz CT molecular complexity index is 723. The fraction of sp³-hybridized carbons (Fsp3) is 0.421. The van der Waals surface area contributed by atoms with Crippen LogP contribution in [0.2, 0.25) is 0 Å². The molecule has 0 aromatic heterocycles. The van der Waals surface area contributed by atoms with Crippen LogP contribution < -0.4 is 10.1 Å². The maximum Gasteiger partial charge on any atom is 0.244 e. The summed E-state index contributed by atoms with van der Waals surface area (Å²) in [6.07, 6.45) is 6.04. The van der Waals surface area contributed by atoms with Gasteiger partial charge in [0.1, 0.15) is 12.3 Å². The number of carbonyl (C=O) groups excluding carboxylic acids is 3. The molecule has 0 spiro atoms. The van der Waals surface area contributed by atoms with Crippen LogP contribution in [0.5, 0.6) is 5.75 Å². The number of imide groups is 1. The highest BCUT2D eigenvalue weighted by molar-refractivity contribution is 6.09. The predicted molar refractivity (Wildman–Crippen MR) is 90.7 cm³/mol. The van der Waals surface area contributed by atoms with Gasteiger partial charge in [0.15, 0.2) is 0 Å². The number of carbonyl (C=O) groups is 3. The summed E-state index contributed by atoms with van der Waals surface area (Å²) < 4.78 is 5.07. The van der Waals surface area contributed by atoms with Crippen LogP contribution in [0.15, 0.2) is 36.4 Å². The van der Waals surface area contributed by atoms with E-state index in [-0.39, 0.29) is 47.9 Å². The van der Waals surface area contributed by atoms with E-state index in [2.05, 4.69) is 17.5 Å². The number of benzene rings is 1. The molecule has 4 aliphatic rings. The molecule has 130 valence electrons. The van der Waals surface area contributed by atoms with Gasteiger partial charge in [-0.05, 0) is 48.9 Å². The molecule has 1 N–H and O–H groups in total. The number of rotatable bonds is 4. The Morgan fingerprint density at radius 1 is 1.08 bits per heavy atom. The Hall–Kier alpha value is -2.63. The monoisotopic (exact) mass is 340 g/mol. The van der Waals surface area contributed by atoms with Gasteiger partial charge in [0.05, 0.1) is 18.9 Å². The van der Waals surface area contributed by atoms with E-state index in [1.807, 2.05) is 0 Å². The fourth-order valence-corrected chi connectivity index (χ4v) is 4.31. The molecule has 1 aromatic carbocycles. The summed E-state index contributed by atoms with van der Waals surface area (Å²) in [7, 11) is 1.57. The normalized spacial score (nSPS) is 29.7. The number of nitrogens with one attached hydrogen (secondary N) is 1. The molecule has 2 fully saturated rings. The van der Waals surface area contributed by atoms with Gasteiger partial charge in [-0.15, -0.1) is 0 Å². The number of likely N-dealkylation sites (tertiary alicyclic amines) is 1. The molecule has 1 saturated carbocycles. The summed E-state index contributed by atoms with van der Waals surface area (Å²) >= 11 is 0. The van der Waals surface area contributed by atoms with Crippen LogP contribution >= 0.6 is 0 Å². The number of ether oxygens (including phenoxy) is 1. The van der Waals surface area contributed by atoms with E-state index in [4.69, 9.17) is 4.74 Å². The van der Waals surface area contributed by atoms with Crippen LogP contribution in [0.4, 0.5) is 5.69 Å². The zero-order valence-corrected chi connectivity index (χ0v) is 14.0. The molecule has 3 aliphatic carbocycles. The van der Waals surface area contributed by atoms with Gasteiger partial charge in [0.25, 0.3) is 0 Å². The highest BCUT2D eigenvalue weighted by Crippen LogP contribution is 2.49. The average molecular weight is 340 g/mol. The first-order valence-electron chi connectivity index (χ1n) is 8.56. The molecule has 1 aromatic rings. The number of anilines is 1. The van der Waals surface area contributed by atoms with E-state index >= 15 is 0 Å². The van der Waals surface area contributed by atoms with E-state index < -0.39 is 0 Å². The molecule has 4 atom stereocenters. The van der Waals surface area contributed by atoms with Gasteiger partial charge < -0.3 is 10.1 Å². The number of amides is 3. The zero-order chi connectivity index (χ0) is 17.6. The largest absolute Gasteiger partial charge is 0.497 e. The van der Waals surface area contributed by atoms with Gasteiger partial charge in [0.2, 0.25) is 17.7 Å². The van der Waals surface area contributed by atoms with Gasteiger partial charge in [-0.1, -0.05) is 12.2 Å². The van der Waals surface area contributed by atoms with Crippen LogP contribution in [0.25, 0.3) is 0 Å². The second-order valence-corrected chi connectivity index (χ2v) is 6.88. The maximum absolute atomic E-state index is 12.7. The van der Waals surface area contributed by atoms with Crippen LogP contribution in [0, 0.1) is 23.7 Å². The summed E-state index contributed by atoms with van der Waals surface area (Å²) in [6, 6.07) is 6.90. The SMILES string of the molecule is COc1ccc(NC(=O)CN2C(=O)[C@H]3[C@H](C2=O)[C@H]2C=C[C@H]3CC2)cc1. The van der Waals surface area contributed by atoms with Crippen molar-refractivity contribution in [2.24, 2.45) is 23.7 Å². The number of hydrogen-bond acceptors (Lipinski definition) is 4. The molecule has 25 heavy (non-hydrogen) atoms. The van der Waals surface area contributed by atoms with Crippen molar-refractivity contribution < 1.29 is 19.1 Å². The summed E-state index contributed by atoms with van der Waals surface area (Å²) in [6.45, 7) is -0.226. The van der Waals surface area contributed by atoms with Crippen molar-refractivity contribution in [1.29, 1.82) is 0 Å².